The molecule has 0 aliphatic carbocycles. The van der Waals surface area contributed by atoms with E-state index in [4.69, 9.17) is 4.99 Å². The molecule has 0 aliphatic rings. The van der Waals surface area contributed by atoms with Crippen molar-refractivity contribution < 1.29 is 0 Å². The van der Waals surface area contributed by atoms with Gasteiger partial charge in [0.15, 0.2) is 5.96 Å². The minimum atomic E-state index is 0. The van der Waals surface area contributed by atoms with Crippen LogP contribution in [0.5, 0.6) is 0 Å². The van der Waals surface area contributed by atoms with Crippen LogP contribution < -0.4 is 10.6 Å². The lowest BCUT2D eigenvalue weighted by molar-refractivity contribution is 0.618. The maximum absolute atomic E-state index is 4.83. The molecule has 1 atom stereocenters. The van der Waals surface area contributed by atoms with E-state index < -0.39 is 0 Å². The summed E-state index contributed by atoms with van der Waals surface area (Å²) < 4.78 is 2.08. The Kier molecular flexibility index (Phi) is 10.5. The molecular weight excluding hydrogens is 499 g/mol. The fourth-order valence-electron chi connectivity index (χ4n) is 3.48. The number of nitrogens with zero attached hydrogens (tertiary/aromatic N) is 4. The number of hydrogen-bond donors (Lipinski definition) is 2. The number of aliphatic imine (C=N–C) groups is 1. The predicted molar refractivity (Wildman–Crippen MR) is 138 cm³/mol. The largest absolute Gasteiger partial charge is 0.355 e. The first-order valence-electron chi connectivity index (χ1n) is 10.7. The van der Waals surface area contributed by atoms with Gasteiger partial charge >= 0.3 is 0 Å². The molecule has 0 bridgehead atoms. The van der Waals surface area contributed by atoms with Crippen LogP contribution in [-0.4, -0.2) is 33.8 Å². The Morgan fingerprint density at radius 1 is 1.10 bits per heavy atom. The van der Waals surface area contributed by atoms with E-state index in [9.17, 15) is 0 Å². The smallest absolute Gasteiger partial charge is 0.191 e. The van der Waals surface area contributed by atoms with E-state index in [0.717, 1.165) is 44.3 Å². The summed E-state index contributed by atoms with van der Waals surface area (Å²) in [5.41, 5.74) is 3.85. The van der Waals surface area contributed by atoms with Crippen molar-refractivity contribution in [2.45, 2.75) is 46.2 Å². The summed E-state index contributed by atoms with van der Waals surface area (Å²) >= 11 is 0. The molecule has 3 rings (SSSR count). The highest BCUT2D eigenvalue weighted by Gasteiger charge is 2.10. The first-order valence-corrected chi connectivity index (χ1v) is 10.7. The first-order chi connectivity index (χ1) is 14.7. The average Bonchev–Trinajstić information content (AvgIpc) is 3.22. The summed E-state index contributed by atoms with van der Waals surface area (Å²) in [6.07, 6.45) is 3.58. The second-order valence-electron chi connectivity index (χ2n) is 7.41. The van der Waals surface area contributed by atoms with Crippen molar-refractivity contribution in [3.05, 3.63) is 83.4 Å². The monoisotopic (exact) mass is 532 g/mol. The van der Waals surface area contributed by atoms with Gasteiger partial charge in [0.1, 0.15) is 12.2 Å². The van der Waals surface area contributed by atoms with Crippen LogP contribution in [0.2, 0.25) is 0 Å². The molecule has 0 saturated heterocycles. The van der Waals surface area contributed by atoms with Gasteiger partial charge < -0.3 is 15.2 Å². The van der Waals surface area contributed by atoms with E-state index in [1.54, 1.807) is 6.33 Å². The van der Waals surface area contributed by atoms with Gasteiger partial charge in [0.2, 0.25) is 0 Å². The number of hydrogen-bond acceptors (Lipinski definition) is 3. The minimum absolute atomic E-state index is 0. The number of nitrogens with one attached hydrogen (secondary N) is 2. The van der Waals surface area contributed by atoms with Gasteiger partial charge in [0.25, 0.3) is 0 Å². The van der Waals surface area contributed by atoms with Gasteiger partial charge in [-0.05, 0) is 37.0 Å². The number of rotatable bonds is 9. The Labute approximate surface area is 202 Å². The Morgan fingerprint density at radius 2 is 1.84 bits per heavy atom. The number of benzene rings is 2. The molecule has 6 nitrogen and oxygen atoms in total. The van der Waals surface area contributed by atoms with Crippen LogP contribution in [0, 0.1) is 6.92 Å². The van der Waals surface area contributed by atoms with E-state index in [1.165, 1.54) is 16.7 Å². The summed E-state index contributed by atoms with van der Waals surface area (Å²) in [4.78, 5) is 4.83. The summed E-state index contributed by atoms with van der Waals surface area (Å²) in [7, 11) is 0. The molecule has 0 radical (unpaired) electrons. The zero-order valence-electron chi connectivity index (χ0n) is 18.6. The molecule has 0 fully saturated rings. The molecule has 166 valence electrons. The summed E-state index contributed by atoms with van der Waals surface area (Å²) in [5, 5.41) is 15.2. The number of halogens is 1. The molecule has 0 saturated carbocycles. The van der Waals surface area contributed by atoms with Crippen molar-refractivity contribution >= 4 is 29.9 Å². The highest BCUT2D eigenvalue weighted by atomic mass is 127. The molecule has 7 heteroatoms. The number of guanidine groups is 1. The fraction of sp³-hybridized carbons (Fsp3) is 0.375. The summed E-state index contributed by atoms with van der Waals surface area (Å²) in [5.74, 6) is 1.83. The van der Waals surface area contributed by atoms with Crippen LogP contribution in [0.25, 0.3) is 0 Å². The van der Waals surface area contributed by atoms with Crippen LogP contribution in [0.1, 0.15) is 42.4 Å². The molecule has 2 N–H and O–H groups in total. The van der Waals surface area contributed by atoms with Crippen molar-refractivity contribution in [2.24, 2.45) is 4.99 Å². The predicted octanol–water partition coefficient (Wildman–Crippen LogP) is 4.31. The second-order valence-corrected chi connectivity index (χ2v) is 7.41. The summed E-state index contributed by atoms with van der Waals surface area (Å²) in [6.45, 7) is 8.69. The van der Waals surface area contributed by atoms with Crippen molar-refractivity contribution in [1.82, 2.24) is 25.4 Å². The highest BCUT2D eigenvalue weighted by molar-refractivity contribution is 14.0. The molecule has 0 spiro atoms. The van der Waals surface area contributed by atoms with Gasteiger partial charge in [-0.2, -0.15) is 0 Å². The van der Waals surface area contributed by atoms with Crippen molar-refractivity contribution in [3.63, 3.8) is 0 Å². The van der Waals surface area contributed by atoms with E-state index in [-0.39, 0.29) is 30.0 Å². The van der Waals surface area contributed by atoms with Gasteiger partial charge in [0, 0.05) is 26.1 Å². The Morgan fingerprint density at radius 3 is 2.58 bits per heavy atom. The maximum Gasteiger partial charge on any atom is 0.191 e. The molecule has 31 heavy (non-hydrogen) atoms. The molecule has 2 aromatic carbocycles. The number of aromatic nitrogens is 3. The third-order valence-electron chi connectivity index (χ3n) is 5.18. The van der Waals surface area contributed by atoms with E-state index >= 15 is 0 Å². The van der Waals surface area contributed by atoms with Crippen molar-refractivity contribution in [2.75, 3.05) is 13.1 Å². The van der Waals surface area contributed by atoms with E-state index in [2.05, 4.69) is 94.7 Å². The minimum Gasteiger partial charge on any atom is -0.355 e. The Balaban J connectivity index is 0.00000341. The zero-order valence-corrected chi connectivity index (χ0v) is 20.9. The van der Waals surface area contributed by atoms with Gasteiger partial charge in [-0.25, -0.2) is 0 Å². The van der Waals surface area contributed by atoms with Crippen LogP contribution in [0.4, 0.5) is 0 Å². The van der Waals surface area contributed by atoms with Crippen molar-refractivity contribution in [1.29, 1.82) is 0 Å². The molecule has 1 aromatic heterocycles. The lowest BCUT2D eigenvalue weighted by atomic mass is 10.0. The zero-order chi connectivity index (χ0) is 21.2. The molecule has 0 aliphatic heterocycles. The van der Waals surface area contributed by atoms with Crippen molar-refractivity contribution in [3.8, 4) is 0 Å². The third-order valence-corrected chi connectivity index (χ3v) is 5.18. The number of aryl methyl sites for hydroxylation is 2. The SMILES string of the molecule is CCc1nncn1CCNC(=NCCc1ccccc1)NC(C)c1ccccc1C.I. The van der Waals surface area contributed by atoms with Gasteiger partial charge in [-0.1, -0.05) is 61.5 Å². The summed E-state index contributed by atoms with van der Waals surface area (Å²) in [6, 6.07) is 19.1. The van der Waals surface area contributed by atoms with Gasteiger partial charge in [-0.3, -0.25) is 4.99 Å². The van der Waals surface area contributed by atoms with Crippen LogP contribution >= 0.6 is 24.0 Å². The van der Waals surface area contributed by atoms with Crippen LogP contribution in [-0.2, 0) is 19.4 Å². The Hall–Kier alpha value is -2.42. The molecule has 0 amide bonds. The molecule has 1 unspecified atom stereocenters. The third kappa shape index (κ3) is 7.65. The first kappa shape index (κ1) is 24.8. The van der Waals surface area contributed by atoms with Crippen LogP contribution in [0.15, 0.2) is 65.9 Å². The van der Waals surface area contributed by atoms with E-state index in [1.807, 2.05) is 6.07 Å². The van der Waals surface area contributed by atoms with Gasteiger partial charge in [-0.15, -0.1) is 34.2 Å². The fourth-order valence-corrected chi connectivity index (χ4v) is 3.48. The molecule has 1 heterocycles. The van der Waals surface area contributed by atoms with E-state index in [0.29, 0.717) is 0 Å². The quantitative estimate of drug-likeness (QED) is 0.245. The normalized spacial score (nSPS) is 12.2. The standard InChI is InChI=1S/C24H32N6.HI/c1-4-23-29-27-18-30(23)17-16-26-24(25-15-14-21-11-6-5-7-12-21)28-20(3)22-13-9-8-10-19(22)2;/h5-13,18,20H,4,14-17H2,1-3H3,(H2,25,26,28);1H. The maximum atomic E-state index is 4.83. The van der Waals surface area contributed by atoms with Gasteiger partial charge in [0.05, 0.1) is 6.04 Å². The highest BCUT2D eigenvalue weighted by Crippen LogP contribution is 2.16. The topological polar surface area (TPSA) is 67.1 Å². The lowest BCUT2D eigenvalue weighted by Crippen LogP contribution is -2.40. The molecule has 3 aromatic rings. The van der Waals surface area contributed by atoms with Crippen LogP contribution in [0.3, 0.4) is 0 Å². The average molecular weight is 532 g/mol. The second kappa shape index (κ2) is 13.1. The lowest BCUT2D eigenvalue weighted by Gasteiger charge is -2.20. The Bertz CT molecular complexity index is 938. The molecular formula is C24H33IN6.